The Balaban J connectivity index is 1.17. The summed E-state index contributed by atoms with van der Waals surface area (Å²) < 4.78 is 48.0. The number of rotatable bonds is 7. The summed E-state index contributed by atoms with van der Waals surface area (Å²) in [7, 11) is 0. The number of halogens is 4. The minimum atomic E-state index is -4.86. The van der Waals surface area contributed by atoms with Gasteiger partial charge in [-0.2, -0.15) is 18.3 Å². The summed E-state index contributed by atoms with van der Waals surface area (Å²) in [6.07, 6.45) is -1.04. The van der Waals surface area contributed by atoms with Crippen molar-refractivity contribution in [3.8, 4) is 11.1 Å². The van der Waals surface area contributed by atoms with Crippen LogP contribution in [0.1, 0.15) is 47.8 Å². The van der Waals surface area contributed by atoms with Crippen molar-refractivity contribution in [1.82, 2.24) is 14.7 Å². The maximum atomic E-state index is 13.9. The standard InChI is InChI=1S/C31H33ClF3N5O4/c32-22-7-10-25(21-5-8-23(9-6-21)37-12-14-38(15-13-37)30(43)44-19-20-3-4-20)27(16-22)39-11-1-2-24(18-39)40-28(31(33,34)35)26(17-36-40)29(41)42/h5-10,16-17,20,24H,1-4,11-15,18-19H2,(H,41,42). The Morgan fingerprint density at radius 2 is 1.70 bits per heavy atom. The number of carbonyl (C=O) groups excluding carboxylic acids is 1. The van der Waals surface area contributed by atoms with E-state index >= 15 is 0 Å². The van der Waals surface area contributed by atoms with Crippen LogP contribution in [0.3, 0.4) is 0 Å². The number of hydrogen-bond donors (Lipinski definition) is 1. The fourth-order valence-corrected chi connectivity index (χ4v) is 6.19. The van der Waals surface area contributed by atoms with Gasteiger partial charge in [0, 0.05) is 61.2 Å². The first-order chi connectivity index (χ1) is 21.1. The van der Waals surface area contributed by atoms with Gasteiger partial charge in [-0.05, 0) is 61.4 Å². The smallest absolute Gasteiger partial charge is 0.433 e. The zero-order valence-corrected chi connectivity index (χ0v) is 24.7. The number of carboxylic acids is 1. The van der Waals surface area contributed by atoms with Crippen LogP contribution in [0.4, 0.5) is 29.3 Å². The lowest BCUT2D eigenvalue weighted by Gasteiger charge is -2.36. The van der Waals surface area contributed by atoms with Gasteiger partial charge < -0.3 is 24.5 Å². The molecule has 234 valence electrons. The van der Waals surface area contributed by atoms with Crippen LogP contribution in [0.25, 0.3) is 11.1 Å². The monoisotopic (exact) mass is 631 g/mol. The first-order valence-electron chi connectivity index (χ1n) is 14.8. The lowest BCUT2D eigenvalue weighted by atomic mass is 9.99. The molecule has 2 aliphatic heterocycles. The van der Waals surface area contributed by atoms with E-state index in [-0.39, 0.29) is 12.6 Å². The molecule has 1 unspecified atom stereocenters. The SMILES string of the molecule is O=C(O)c1cnn(C2CCCN(c3cc(Cl)ccc3-c3ccc(N4CCN(C(=O)OCC5CC5)CC4)cc3)C2)c1C(F)(F)F. The summed E-state index contributed by atoms with van der Waals surface area (Å²) in [5.74, 6) is -1.13. The molecule has 3 aromatic rings. The summed E-state index contributed by atoms with van der Waals surface area (Å²) in [6.45, 7) is 3.87. The number of nitrogens with zero attached hydrogens (tertiary/aromatic N) is 5. The van der Waals surface area contributed by atoms with E-state index in [1.807, 2.05) is 41.3 Å². The molecule has 2 saturated heterocycles. The molecule has 1 aromatic heterocycles. The van der Waals surface area contributed by atoms with Crippen molar-refractivity contribution >= 4 is 35.0 Å². The maximum absolute atomic E-state index is 13.9. The normalized spacial score (nSPS) is 19.3. The zero-order chi connectivity index (χ0) is 31.0. The number of amides is 1. The zero-order valence-electron chi connectivity index (χ0n) is 24.0. The van der Waals surface area contributed by atoms with Gasteiger partial charge in [0.1, 0.15) is 5.56 Å². The Hall–Kier alpha value is -3.93. The third-order valence-electron chi connectivity index (χ3n) is 8.56. The number of carboxylic acid groups (broad SMARTS) is 1. The van der Waals surface area contributed by atoms with Gasteiger partial charge in [0.05, 0.1) is 18.8 Å². The Kier molecular flexibility index (Phi) is 8.36. The maximum Gasteiger partial charge on any atom is 0.433 e. The molecule has 0 bridgehead atoms. The lowest BCUT2D eigenvalue weighted by molar-refractivity contribution is -0.145. The van der Waals surface area contributed by atoms with E-state index in [2.05, 4.69) is 10.00 Å². The van der Waals surface area contributed by atoms with Gasteiger partial charge >= 0.3 is 18.2 Å². The van der Waals surface area contributed by atoms with E-state index in [9.17, 15) is 27.9 Å². The Labute approximate surface area is 257 Å². The van der Waals surface area contributed by atoms with Crippen molar-refractivity contribution in [2.75, 3.05) is 55.7 Å². The van der Waals surface area contributed by atoms with Crippen LogP contribution >= 0.6 is 11.6 Å². The van der Waals surface area contributed by atoms with Crippen molar-refractivity contribution in [3.63, 3.8) is 0 Å². The molecule has 6 rings (SSSR count). The highest BCUT2D eigenvalue weighted by molar-refractivity contribution is 6.31. The molecule has 1 atom stereocenters. The second kappa shape index (κ2) is 12.2. The van der Waals surface area contributed by atoms with E-state index in [1.165, 1.54) is 0 Å². The van der Waals surface area contributed by atoms with Crippen molar-refractivity contribution in [2.24, 2.45) is 5.92 Å². The van der Waals surface area contributed by atoms with Crippen molar-refractivity contribution in [2.45, 2.75) is 37.9 Å². The fraction of sp³-hybridized carbons (Fsp3) is 0.452. The number of anilines is 2. The summed E-state index contributed by atoms with van der Waals surface area (Å²) in [6, 6.07) is 12.9. The number of hydrogen-bond acceptors (Lipinski definition) is 6. The molecule has 3 heterocycles. The van der Waals surface area contributed by atoms with E-state index in [4.69, 9.17) is 16.3 Å². The van der Waals surface area contributed by atoms with Crippen LogP contribution in [0.15, 0.2) is 48.7 Å². The first kappa shape index (κ1) is 30.1. The molecule has 1 aliphatic carbocycles. The van der Waals surface area contributed by atoms with E-state index in [0.717, 1.165) is 46.2 Å². The van der Waals surface area contributed by atoms with E-state index in [1.54, 1.807) is 11.0 Å². The molecule has 44 heavy (non-hydrogen) atoms. The topological polar surface area (TPSA) is 91.1 Å². The molecule has 0 spiro atoms. The highest BCUT2D eigenvalue weighted by Crippen LogP contribution is 2.39. The Morgan fingerprint density at radius 1 is 0.977 bits per heavy atom. The van der Waals surface area contributed by atoms with Crippen LogP contribution in [0.2, 0.25) is 5.02 Å². The number of alkyl halides is 3. The predicted molar refractivity (Wildman–Crippen MR) is 159 cm³/mol. The molecule has 1 amide bonds. The highest BCUT2D eigenvalue weighted by atomic mass is 35.5. The van der Waals surface area contributed by atoms with E-state index in [0.29, 0.717) is 63.1 Å². The number of piperidine rings is 1. The highest BCUT2D eigenvalue weighted by Gasteiger charge is 2.42. The number of benzene rings is 2. The molecule has 1 saturated carbocycles. The fourth-order valence-electron chi connectivity index (χ4n) is 6.03. The average molecular weight is 632 g/mol. The van der Waals surface area contributed by atoms with Gasteiger partial charge in [0.25, 0.3) is 0 Å². The number of ether oxygens (including phenoxy) is 1. The van der Waals surface area contributed by atoms with Crippen LogP contribution < -0.4 is 9.80 Å². The largest absolute Gasteiger partial charge is 0.478 e. The lowest BCUT2D eigenvalue weighted by Crippen LogP contribution is -2.49. The molecule has 13 heteroatoms. The molecular weight excluding hydrogens is 599 g/mol. The van der Waals surface area contributed by atoms with Crippen molar-refractivity contribution in [1.29, 1.82) is 0 Å². The van der Waals surface area contributed by atoms with Gasteiger partial charge in [-0.3, -0.25) is 4.68 Å². The molecule has 2 aromatic carbocycles. The molecule has 3 fully saturated rings. The van der Waals surface area contributed by atoms with Crippen LogP contribution in [-0.2, 0) is 10.9 Å². The minimum absolute atomic E-state index is 0.211. The first-order valence-corrected chi connectivity index (χ1v) is 15.2. The van der Waals surface area contributed by atoms with Gasteiger partial charge in [0.2, 0.25) is 0 Å². The second-order valence-electron chi connectivity index (χ2n) is 11.6. The predicted octanol–water partition coefficient (Wildman–Crippen LogP) is 6.43. The number of carbonyl (C=O) groups is 2. The number of aromatic nitrogens is 2. The van der Waals surface area contributed by atoms with Gasteiger partial charge in [0.15, 0.2) is 5.69 Å². The van der Waals surface area contributed by atoms with Crippen LogP contribution in [0.5, 0.6) is 0 Å². The summed E-state index contributed by atoms with van der Waals surface area (Å²) in [5.41, 5.74) is 1.52. The summed E-state index contributed by atoms with van der Waals surface area (Å²) in [5, 5.41) is 13.7. The number of piperazine rings is 1. The quantitative estimate of drug-likeness (QED) is 0.321. The Morgan fingerprint density at radius 3 is 2.36 bits per heavy atom. The molecule has 0 radical (unpaired) electrons. The Bertz CT molecular complexity index is 1520. The van der Waals surface area contributed by atoms with Crippen LogP contribution in [-0.4, -0.2) is 77.7 Å². The van der Waals surface area contributed by atoms with Gasteiger partial charge in [-0.1, -0.05) is 29.8 Å². The van der Waals surface area contributed by atoms with Gasteiger partial charge in [-0.25, -0.2) is 9.59 Å². The molecule has 9 nitrogen and oxygen atoms in total. The average Bonchev–Trinajstić information content (AvgIpc) is 3.73. The second-order valence-corrected chi connectivity index (χ2v) is 12.0. The molecule has 1 N–H and O–H groups in total. The van der Waals surface area contributed by atoms with Crippen molar-refractivity contribution < 1.29 is 32.6 Å². The third kappa shape index (κ3) is 6.45. The van der Waals surface area contributed by atoms with E-state index < -0.39 is 29.4 Å². The van der Waals surface area contributed by atoms with Crippen molar-refractivity contribution in [3.05, 3.63) is 64.9 Å². The van der Waals surface area contributed by atoms with Crippen LogP contribution in [0, 0.1) is 5.92 Å². The number of aromatic carboxylic acids is 1. The molecular formula is C31H33ClF3N5O4. The minimum Gasteiger partial charge on any atom is -0.478 e. The summed E-state index contributed by atoms with van der Waals surface area (Å²) >= 11 is 6.40. The molecule has 3 aliphatic rings. The van der Waals surface area contributed by atoms with Gasteiger partial charge in [-0.15, -0.1) is 0 Å². The summed E-state index contributed by atoms with van der Waals surface area (Å²) in [4.78, 5) is 29.8. The third-order valence-corrected chi connectivity index (χ3v) is 8.79.